The highest BCUT2D eigenvalue weighted by Crippen LogP contribution is 2.20. The van der Waals surface area contributed by atoms with Crippen molar-refractivity contribution in [2.24, 2.45) is 0 Å². The Morgan fingerprint density at radius 2 is 1.96 bits per heavy atom. The van der Waals surface area contributed by atoms with E-state index in [0.717, 1.165) is 0 Å². The van der Waals surface area contributed by atoms with Crippen LogP contribution in [-0.2, 0) is 16.1 Å². The lowest BCUT2D eigenvalue weighted by Gasteiger charge is -2.20. The van der Waals surface area contributed by atoms with Gasteiger partial charge >= 0.3 is 12.1 Å². The second-order valence-corrected chi connectivity index (χ2v) is 6.31. The Bertz CT molecular complexity index is 569. The number of benzene rings is 1. The second kappa shape index (κ2) is 9.10. The molecule has 0 unspecified atom stereocenters. The minimum atomic E-state index is -0.858. The predicted molar refractivity (Wildman–Crippen MR) is 86.5 cm³/mol. The molecule has 0 bridgehead atoms. The van der Waals surface area contributed by atoms with E-state index >= 15 is 0 Å². The van der Waals surface area contributed by atoms with Crippen molar-refractivity contribution in [3.05, 3.63) is 29.6 Å². The maximum Gasteiger partial charge on any atom is 0.407 e. The van der Waals surface area contributed by atoms with Gasteiger partial charge in [-0.2, -0.15) is 0 Å². The summed E-state index contributed by atoms with van der Waals surface area (Å²) in [4.78, 5) is 22.1. The molecule has 0 saturated heterocycles. The number of nitrogens with one attached hydrogen (secondary N) is 1. The van der Waals surface area contributed by atoms with Crippen molar-refractivity contribution in [2.45, 2.75) is 52.2 Å². The fourth-order valence-electron chi connectivity index (χ4n) is 1.85. The number of ether oxygens (including phenoxy) is 2. The van der Waals surface area contributed by atoms with Crippen LogP contribution in [0.3, 0.4) is 0 Å². The van der Waals surface area contributed by atoms with Gasteiger partial charge in [0.1, 0.15) is 17.2 Å². The fourth-order valence-corrected chi connectivity index (χ4v) is 1.85. The van der Waals surface area contributed by atoms with Crippen molar-refractivity contribution in [3.63, 3.8) is 0 Å². The van der Waals surface area contributed by atoms with E-state index in [1.807, 2.05) is 0 Å². The summed E-state index contributed by atoms with van der Waals surface area (Å²) in [7, 11) is 0. The van der Waals surface area contributed by atoms with Crippen molar-refractivity contribution < 1.29 is 28.6 Å². The Labute approximate surface area is 141 Å². The van der Waals surface area contributed by atoms with Crippen LogP contribution in [0.5, 0.6) is 5.75 Å². The smallest absolute Gasteiger partial charge is 0.407 e. The zero-order valence-electron chi connectivity index (χ0n) is 14.2. The maximum absolute atomic E-state index is 13.4. The average Bonchev–Trinajstić information content (AvgIpc) is 2.43. The van der Waals surface area contributed by atoms with Crippen molar-refractivity contribution in [1.82, 2.24) is 5.32 Å². The molecule has 134 valence electrons. The van der Waals surface area contributed by atoms with Gasteiger partial charge in [-0.3, -0.25) is 4.79 Å². The van der Waals surface area contributed by atoms with E-state index in [4.69, 9.17) is 14.6 Å². The number of hydrogen-bond acceptors (Lipinski definition) is 4. The fraction of sp³-hybridized carbons (Fsp3) is 0.529. The third-order valence-corrected chi connectivity index (χ3v) is 2.89. The van der Waals surface area contributed by atoms with Crippen LogP contribution in [-0.4, -0.2) is 29.4 Å². The number of unbranched alkanes of at least 4 members (excludes halogenated alkanes) is 1. The van der Waals surface area contributed by atoms with E-state index in [2.05, 4.69) is 5.32 Å². The highest BCUT2D eigenvalue weighted by Gasteiger charge is 2.16. The molecule has 0 spiro atoms. The van der Waals surface area contributed by atoms with Crippen LogP contribution in [0.25, 0.3) is 0 Å². The van der Waals surface area contributed by atoms with Gasteiger partial charge < -0.3 is 19.9 Å². The summed E-state index contributed by atoms with van der Waals surface area (Å²) < 4.78 is 24.0. The van der Waals surface area contributed by atoms with Gasteiger partial charge in [-0.1, -0.05) is 6.07 Å². The Hall–Kier alpha value is -2.31. The second-order valence-electron chi connectivity index (χ2n) is 6.31. The predicted octanol–water partition coefficient (Wildman–Crippen LogP) is 3.48. The molecular formula is C17H24FNO5. The largest absolute Gasteiger partial charge is 0.493 e. The summed E-state index contributed by atoms with van der Waals surface area (Å²) in [6.07, 6.45) is 0.525. The first-order chi connectivity index (χ1) is 11.2. The summed E-state index contributed by atoms with van der Waals surface area (Å²) in [6.45, 7) is 5.69. The van der Waals surface area contributed by atoms with Crippen LogP contribution in [0.2, 0.25) is 0 Å². The van der Waals surface area contributed by atoms with Gasteiger partial charge in [0, 0.05) is 24.6 Å². The SMILES string of the molecule is CC(C)(C)OC(=O)NCc1ccc(F)cc1OCCCCC(=O)O. The monoisotopic (exact) mass is 341 g/mol. The average molecular weight is 341 g/mol. The van der Waals surface area contributed by atoms with Crippen molar-refractivity contribution in [2.75, 3.05) is 6.61 Å². The molecule has 24 heavy (non-hydrogen) atoms. The normalized spacial score (nSPS) is 11.0. The van der Waals surface area contributed by atoms with E-state index in [0.29, 0.717) is 24.2 Å². The van der Waals surface area contributed by atoms with Gasteiger partial charge in [0.05, 0.1) is 6.61 Å². The lowest BCUT2D eigenvalue weighted by Crippen LogP contribution is -2.32. The van der Waals surface area contributed by atoms with E-state index in [9.17, 15) is 14.0 Å². The molecule has 0 fully saturated rings. The summed E-state index contributed by atoms with van der Waals surface area (Å²) in [6, 6.07) is 4.05. The molecule has 0 aliphatic rings. The van der Waals surface area contributed by atoms with Crippen molar-refractivity contribution in [1.29, 1.82) is 0 Å². The number of carboxylic acid groups (broad SMARTS) is 1. The molecule has 0 saturated carbocycles. The van der Waals surface area contributed by atoms with E-state index < -0.39 is 23.5 Å². The number of carbonyl (C=O) groups excluding carboxylic acids is 1. The molecule has 2 N–H and O–H groups in total. The molecule has 1 aromatic rings. The van der Waals surface area contributed by atoms with Crippen LogP contribution in [0.15, 0.2) is 18.2 Å². The molecule has 0 aliphatic heterocycles. The Kier molecular flexibility index (Phi) is 7.48. The Morgan fingerprint density at radius 1 is 1.25 bits per heavy atom. The van der Waals surface area contributed by atoms with Gasteiger partial charge in [0.25, 0.3) is 0 Å². The standard InChI is InChI=1S/C17H24FNO5/c1-17(2,3)24-16(22)19-11-12-7-8-13(18)10-14(12)23-9-5-4-6-15(20)21/h7-8,10H,4-6,9,11H2,1-3H3,(H,19,22)(H,20,21). The van der Waals surface area contributed by atoms with Crippen molar-refractivity contribution in [3.8, 4) is 5.75 Å². The summed E-state index contributed by atoms with van der Waals surface area (Å²) in [5, 5.41) is 11.2. The third kappa shape index (κ3) is 8.36. The molecule has 1 aromatic carbocycles. The number of alkyl carbamates (subject to hydrolysis) is 1. The Morgan fingerprint density at radius 3 is 2.58 bits per heavy atom. The number of carboxylic acids is 1. The van der Waals surface area contributed by atoms with Crippen LogP contribution in [0, 0.1) is 5.82 Å². The van der Waals surface area contributed by atoms with Crippen LogP contribution in [0.4, 0.5) is 9.18 Å². The molecule has 0 atom stereocenters. The number of halogens is 1. The first-order valence-corrected chi connectivity index (χ1v) is 7.77. The number of amides is 1. The minimum Gasteiger partial charge on any atom is -0.493 e. The van der Waals surface area contributed by atoms with Gasteiger partial charge in [-0.05, 0) is 39.7 Å². The van der Waals surface area contributed by atoms with Crippen LogP contribution < -0.4 is 10.1 Å². The zero-order valence-corrected chi connectivity index (χ0v) is 14.2. The zero-order chi connectivity index (χ0) is 18.2. The molecule has 6 nitrogen and oxygen atoms in total. The summed E-state index contributed by atoms with van der Waals surface area (Å²) in [5.41, 5.74) is 0.0107. The van der Waals surface area contributed by atoms with E-state index in [1.165, 1.54) is 18.2 Å². The number of aliphatic carboxylic acids is 1. The molecule has 1 rings (SSSR count). The van der Waals surface area contributed by atoms with Crippen molar-refractivity contribution >= 4 is 12.1 Å². The van der Waals surface area contributed by atoms with Gasteiger partial charge in [0.2, 0.25) is 0 Å². The number of carbonyl (C=O) groups is 2. The summed E-state index contributed by atoms with van der Waals surface area (Å²) >= 11 is 0. The van der Waals surface area contributed by atoms with E-state index in [1.54, 1.807) is 20.8 Å². The van der Waals surface area contributed by atoms with Gasteiger partial charge in [-0.25, -0.2) is 9.18 Å². The quantitative estimate of drug-likeness (QED) is 0.707. The lowest BCUT2D eigenvalue weighted by atomic mass is 10.2. The third-order valence-electron chi connectivity index (χ3n) is 2.89. The van der Waals surface area contributed by atoms with Gasteiger partial charge in [0.15, 0.2) is 0 Å². The number of rotatable bonds is 8. The van der Waals surface area contributed by atoms with E-state index in [-0.39, 0.29) is 19.6 Å². The molecule has 0 aromatic heterocycles. The molecule has 0 aliphatic carbocycles. The molecule has 7 heteroatoms. The van der Waals surface area contributed by atoms with Crippen LogP contribution in [0.1, 0.15) is 45.6 Å². The summed E-state index contributed by atoms with van der Waals surface area (Å²) in [5.74, 6) is -0.985. The number of hydrogen-bond donors (Lipinski definition) is 2. The van der Waals surface area contributed by atoms with Crippen LogP contribution >= 0.6 is 0 Å². The molecule has 1 amide bonds. The topological polar surface area (TPSA) is 84.9 Å². The first kappa shape index (κ1) is 19.7. The molecule has 0 radical (unpaired) electrons. The van der Waals surface area contributed by atoms with Gasteiger partial charge in [-0.15, -0.1) is 0 Å². The molecular weight excluding hydrogens is 317 g/mol. The minimum absolute atomic E-state index is 0.0690. The highest BCUT2D eigenvalue weighted by molar-refractivity contribution is 5.67. The maximum atomic E-state index is 13.4. The Balaban J connectivity index is 2.54. The first-order valence-electron chi connectivity index (χ1n) is 7.77. The lowest BCUT2D eigenvalue weighted by molar-refractivity contribution is -0.137. The highest BCUT2D eigenvalue weighted by atomic mass is 19.1. The molecule has 0 heterocycles.